The lowest BCUT2D eigenvalue weighted by Crippen LogP contribution is -2.38. The monoisotopic (exact) mass is 285 g/mol. The molecule has 5 nitrogen and oxygen atoms in total. The highest BCUT2D eigenvalue weighted by atomic mass is 15.3. The molecular weight excluding hydrogens is 262 g/mol. The molecule has 1 fully saturated rings. The minimum Gasteiger partial charge on any atom is -0.382 e. The number of aromatic nitrogens is 3. The predicted octanol–water partition coefficient (Wildman–Crippen LogP) is 2.22. The third kappa shape index (κ3) is 3.82. The molecule has 0 bridgehead atoms. The topological polar surface area (TPSA) is 46.0 Å². The lowest BCUT2D eigenvalue weighted by Gasteiger charge is -2.32. The molecule has 2 aromatic rings. The number of hydrogen-bond donors (Lipinski definition) is 1. The van der Waals surface area contributed by atoms with E-state index in [9.17, 15) is 0 Å². The molecule has 0 radical (unpaired) electrons. The Morgan fingerprint density at radius 3 is 2.57 bits per heavy atom. The van der Waals surface area contributed by atoms with Crippen molar-refractivity contribution in [1.82, 2.24) is 19.7 Å². The van der Waals surface area contributed by atoms with Crippen LogP contribution in [0.1, 0.15) is 25.3 Å². The number of rotatable bonds is 5. The van der Waals surface area contributed by atoms with Crippen molar-refractivity contribution < 1.29 is 0 Å². The van der Waals surface area contributed by atoms with Crippen LogP contribution in [0.15, 0.2) is 36.9 Å². The molecule has 0 atom stereocenters. The van der Waals surface area contributed by atoms with Crippen LogP contribution in [0.2, 0.25) is 0 Å². The molecule has 1 aliphatic heterocycles. The third-order valence-corrected chi connectivity index (χ3v) is 4.17. The van der Waals surface area contributed by atoms with Crippen molar-refractivity contribution in [3.05, 3.63) is 42.5 Å². The van der Waals surface area contributed by atoms with Crippen molar-refractivity contribution in [1.29, 1.82) is 0 Å². The second-order valence-electron chi connectivity index (χ2n) is 5.64. The largest absolute Gasteiger partial charge is 0.382 e. The highest BCUT2D eigenvalue weighted by molar-refractivity contribution is 5.45. The fourth-order valence-corrected chi connectivity index (χ4v) is 2.84. The lowest BCUT2D eigenvalue weighted by molar-refractivity contribution is 0.229. The van der Waals surface area contributed by atoms with Gasteiger partial charge in [0.2, 0.25) is 0 Å². The number of nitrogens with one attached hydrogen (secondary N) is 1. The van der Waals surface area contributed by atoms with E-state index in [0.717, 1.165) is 6.54 Å². The van der Waals surface area contributed by atoms with Crippen LogP contribution in [-0.2, 0) is 6.54 Å². The molecule has 21 heavy (non-hydrogen) atoms. The number of benzene rings is 1. The number of anilines is 1. The maximum atomic E-state index is 4.13. The average Bonchev–Trinajstić information content (AvgIpc) is 3.03. The summed E-state index contributed by atoms with van der Waals surface area (Å²) in [6.45, 7) is 6.59. The number of nitrogens with zero attached hydrogens (tertiary/aromatic N) is 4. The van der Waals surface area contributed by atoms with Crippen molar-refractivity contribution in [3.8, 4) is 0 Å². The van der Waals surface area contributed by atoms with Crippen LogP contribution < -0.4 is 5.32 Å². The van der Waals surface area contributed by atoms with Crippen LogP contribution >= 0.6 is 0 Å². The highest BCUT2D eigenvalue weighted by Gasteiger charge is 2.17. The van der Waals surface area contributed by atoms with Gasteiger partial charge in [-0.15, -0.1) is 0 Å². The van der Waals surface area contributed by atoms with Gasteiger partial charge >= 0.3 is 0 Å². The van der Waals surface area contributed by atoms with Crippen molar-refractivity contribution >= 4 is 5.69 Å². The van der Waals surface area contributed by atoms with E-state index in [4.69, 9.17) is 0 Å². The van der Waals surface area contributed by atoms with Crippen molar-refractivity contribution in [2.75, 3.05) is 25.0 Å². The van der Waals surface area contributed by atoms with Gasteiger partial charge < -0.3 is 10.2 Å². The average molecular weight is 285 g/mol. The minimum absolute atomic E-state index is 0.606. The summed E-state index contributed by atoms with van der Waals surface area (Å²) in [4.78, 5) is 6.48. The summed E-state index contributed by atoms with van der Waals surface area (Å²) in [7, 11) is 0. The standard InChI is InChI=1S/C16H23N5/c1-2-20-9-7-16(8-10-20)19-15-5-3-14(4-6-15)11-21-13-17-12-18-21/h3-6,12-13,16,19H,2,7-11H2,1H3. The molecule has 0 aliphatic carbocycles. The fraction of sp³-hybridized carbons (Fsp3) is 0.500. The maximum absolute atomic E-state index is 4.13. The Balaban J connectivity index is 1.53. The normalized spacial score (nSPS) is 17.0. The van der Waals surface area contributed by atoms with E-state index in [-0.39, 0.29) is 0 Å². The zero-order valence-electron chi connectivity index (χ0n) is 12.6. The first-order chi connectivity index (χ1) is 10.3. The molecule has 0 unspecified atom stereocenters. The highest BCUT2D eigenvalue weighted by Crippen LogP contribution is 2.17. The molecule has 0 spiro atoms. The molecule has 2 heterocycles. The van der Waals surface area contributed by atoms with Gasteiger partial charge in [0.25, 0.3) is 0 Å². The van der Waals surface area contributed by atoms with E-state index in [1.54, 1.807) is 12.7 Å². The molecule has 5 heteroatoms. The Morgan fingerprint density at radius 2 is 1.95 bits per heavy atom. The van der Waals surface area contributed by atoms with E-state index in [0.29, 0.717) is 6.04 Å². The van der Waals surface area contributed by atoms with Gasteiger partial charge in [-0.3, -0.25) is 0 Å². The van der Waals surface area contributed by atoms with Gasteiger partial charge in [0.1, 0.15) is 12.7 Å². The van der Waals surface area contributed by atoms with Gasteiger partial charge in [0.15, 0.2) is 0 Å². The molecule has 1 aliphatic rings. The smallest absolute Gasteiger partial charge is 0.137 e. The van der Waals surface area contributed by atoms with E-state index in [1.807, 2.05) is 4.68 Å². The van der Waals surface area contributed by atoms with Gasteiger partial charge in [-0.2, -0.15) is 5.10 Å². The van der Waals surface area contributed by atoms with Gasteiger partial charge in [0, 0.05) is 24.8 Å². The summed E-state index contributed by atoms with van der Waals surface area (Å²) >= 11 is 0. The molecule has 1 aromatic carbocycles. The molecule has 0 saturated carbocycles. The van der Waals surface area contributed by atoms with E-state index >= 15 is 0 Å². The number of hydrogen-bond acceptors (Lipinski definition) is 4. The summed E-state index contributed by atoms with van der Waals surface area (Å²) in [5, 5.41) is 7.78. The Hall–Kier alpha value is -1.88. The summed E-state index contributed by atoms with van der Waals surface area (Å²) in [5.41, 5.74) is 2.46. The van der Waals surface area contributed by atoms with Crippen molar-refractivity contribution in [3.63, 3.8) is 0 Å². The van der Waals surface area contributed by atoms with Crippen LogP contribution in [-0.4, -0.2) is 45.3 Å². The lowest BCUT2D eigenvalue weighted by atomic mass is 10.0. The van der Waals surface area contributed by atoms with Crippen LogP contribution in [0.25, 0.3) is 0 Å². The predicted molar refractivity (Wildman–Crippen MR) is 84.3 cm³/mol. The second-order valence-corrected chi connectivity index (χ2v) is 5.64. The van der Waals surface area contributed by atoms with Crippen LogP contribution in [0, 0.1) is 0 Å². The number of piperidine rings is 1. The second kappa shape index (κ2) is 6.72. The summed E-state index contributed by atoms with van der Waals surface area (Å²) < 4.78 is 1.84. The molecule has 3 rings (SSSR count). The zero-order valence-corrected chi connectivity index (χ0v) is 12.6. The molecule has 1 saturated heterocycles. The SMILES string of the molecule is CCN1CCC(Nc2ccc(Cn3cncn3)cc2)CC1. The van der Waals surface area contributed by atoms with E-state index in [1.165, 1.54) is 43.7 Å². The third-order valence-electron chi connectivity index (χ3n) is 4.17. The molecule has 0 amide bonds. The first kappa shape index (κ1) is 14.1. The van der Waals surface area contributed by atoms with Crippen LogP contribution in [0.3, 0.4) is 0 Å². The zero-order chi connectivity index (χ0) is 14.5. The Morgan fingerprint density at radius 1 is 1.19 bits per heavy atom. The molecule has 1 N–H and O–H groups in total. The Kier molecular flexibility index (Phi) is 4.50. The first-order valence-corrected chi connectivity index (χ1v) is 7.73. The Bertz CT molecular complexity index is 526. The number of likely N-dealkylation sites (tertiary alicyclic amines) is 1. The van der Waals surface area contributed by atoms with E-state index in [2.05, 4.69) is 51.5 Å². The Labute approximate surface area is 126 Å². The van der Waals surface area contributed by atoms with Gasteiger partial charge in [0.05, 0.1) is 6.54 Å². The first-order valence-electron chi connectivity index (χ1n) is 7.73. The van der Waals surface area contributed by atoms with Crippen LogP contribution in [0.5, 0.6) is 0 Å². The molecule has 112 valence electrons. The summed E-state index contributed by atoms with van der Waals surface area (Å²) in [6, 6.07) is 9.25. The molecule has 1 aromatic heterocycles. The van der Waals surface area contributed by atoms with Gasteiger partial charge in [-0.1, -0.05) is 19.1 Å². The quantitative estimate of drug-likeness (QED) is 0.915. The fourth-order valence-electron chi connectivity index (χ4n) is 2.84. The van der Waals surface area contributed by atoms with Crippen molar-refractivity contribution in [2.24, 2.45) is 0 Å². The van der Waals surface area contributed by atoms with Gasteiger partial charge in [-0.05, 0) is 37.1 Å². The van der Waals surface area contributed by atoms with Crippen LogP contribution in [0.4, 0.5) is 5.69 Å². The summed E-state index contributed by atoms with van der Waals surface area (Å²) in [5.74, 6) is 0. The summed E-state index contributed by atoms with van der Waals surface area (Å²) in [6.07, 6.45) is 5.77. The van der Waals surface area contributed by atoms with Gasteiger partial charge in [-0.25, -0.2) is 9.67 Å². The van der Waals surface area contributed by atoms with Crippen molar-refractivity contribution in [2.45, 2.75) is 32.4 Å². The molecular formula is C16H23N5. The van der Waals surface area contributed by atoms with E-state index < -0.39 is 0 Å². The maximum Gasteiger partial charge on any atom is 0.137 e. The minimum atomic E-state index is 0.606.